The molecule has 29 heavy (non-hydrogen) atoms. The van der Waals surface area contributed by atoms with E-state index < -0.39 is 0 Å². The molecule has 0 saturated heterocycles. The molecule has 0 aliphatic rings. The van der Waals surface area contributed by atoms with Gasteiger partial charge in [0.05, 0.1) is 17.5 Å². The summed E-state index contributed by atoms with van der Waals surface area (Å²) < 4.78 is 1.64. The molecule has 2 heterocycles. The molecule has 8 nitrogen and oxygen atoms in total. The van der Waals surface area contributed by atoms with Crippen molar-refractivity contribution in [1.29, 1.82) is 0 Å². The Hall–Kier alpha value is -3.68. The first-order valence-corrected chi connectivity index (χ1v) is 9.34. The quantitative estimate of drug-likeness (QED) is 0.600. The van der Waals surface area contributed by atoms with Gasteiger partial charge in [-0.05, 0) is 50.6 Å². The number of rotatable bonds is 6. The summed E-state index contributed by atoms with van der Waals surface area (Å²) in [6.45, 7) is 5.99. The first kappa shape index (κ1) is 20.1. The molecule has 1 aromatic carbocycles. The van der Waals surface area contributed by atoms with Crippen LogP contribution in [0.5, 0.6) is 0 Å². The summed E-state index contributed by atoms with van der Waals surface area (Å²) in [5.41, 5.74) is 2.82. The van der Waals surface area contributed by atoms with Gasteiger partial charge in [-0.1, -0.05) is 18.2 Å². The van der Waals surface area contributed by atoms with Crippen molar-refractivity contribution in [3.63, 3.8) is 0 Å². The fourth-order valence-electron chi connectivity index (χ4n) is 2.76. The molecule has 0 aliphatic heterocycles. The molecule has 0 atom stereocenters. The van der Waals surface area contributed by atoms with Gasteiger partial charge in [0.1, 0.15) is 0 Å². The van der Waals surface area contributed by atoms with Crippen LogP contribution in [0.2, 0.25) is 0 Å². The van der Waals surface area contributed by atoms with Crippen LogP contribution in [-0.4, -0.2) is 32.7 Å². The number of urea groups is 1. The van der Waals surface area contributed by atoms with E-state index in [1.54, 1.807) is 29.2 Å². The molecule has 3 aromatic rings. The van der Waals surface area contributed by atoms with Gasteiger partial charge in [0, 0.05) is 24.5 Å². The van der Waals surface area contributed by atoms with Crippen LogP contribution in [0.15, 0.2) is 54.9 Å². The minimum atomic E-state index is -0.249. The van der Waals surface area contributed by atoms with E-state index in [1.165, 1.54) is 0 Å². The van der Waals surface area contributed by atoms with Gasteiger partial charge in [-0.15, -0.1) is 0 Å². The zero-order valence-electron chi connectivity index (χ0n) is 16.6. The highest BCUT2D eigenvalue weighted by atomic mass is 16.2. The number of benzene rings is 1. The van der Waals surface area contributed by atoms with Gasteiger partial charge in [0.25, 0.3) is 5.91 Å². The van der Waals surface area contributed by atoms with E-state index in [1.807, 2.05) is 51.1 Å². The van der Waals surface area contributed by atoms with Gasteiger partial charge >= 0.3 is 6.03 Å². The summed E-state index contributed by atoms with van der Waals surface area (Å²) in [5.74, 6) is 0.455. The van der Waals surface area contributed by atoms with Crippen molar-refractivity contribution in [2.75, 3.05) is 5.32 Å². The lowest BCUT2D eigenvalue weighted by atomic mass is 10.2. The Labute approximate surface area is 169 Å². The Morgan fingerprint density at radius 2 is 1.86 bits per heavy atom. The monoisotopic (exact) mass is 392 g/mol. The lowest BCUT2D eigenvalue weighted by molar-refractivity contribution is 0.0950. The van der Waals surface area contributed by atoms with Crippen LogP contribution in [0.3, 0.4) is 0 Å². The first-order chi connectivity index (χ1) is 13.9. The average molecular weight is 392 g/mol. The van der Waals surface area contributed by atoms with Crippen molar-refractivity contribution in [3.8, 4) is 5.82 Å². The third kappa shape index (κ3) is 5.19. The third-order valence-corrected chi connectivity index (χ3v) is 4.21. The molecule has 2 aromatic heterocycles. The molecule has 0 radical (unpaired) electrons. The highest BCUT2D eigenvalue weighted by Crippen LogP contribution is 2.13. The van der Waals surface area contributed by atoms with Gasteiger partial charge in [0.2, 0.25) is 0 Å². The molecule has 3 amide bonds. The number of amides is 3. The number of nitrogens with one attached hydrogen (secondary N) is 3. The van der Waals surface area contributed by atoms with Crippen LogP contribution < -0.4 is 16.0 Å². The molecule has 150 valence electrons. The zero-order valence-corrected chi connectivity index (χ0v) is 16.6. The second kappa shape index (κ2) is 9.01. The summed E-state index contributed by atoms with van der Waals surface area (Å²) in [4.78, 5) is 28.5. The summed E-state index contributed by atoms with van der Waals surface area (Å²) in [7, 11) is 0. The van der Waals surface area contributed by atoms with E-state index in [0.717, 1.165) is 11.3 Å². The van der Waals surface area contributed by atoms with Crippen LogP contribution in [0.4, 0.5) is 10.5 Å². The number of pyridine rings is 1. The van der Waals surface area contributed by atoms with Gasteiger partial charge in [-0.25, -0.2) is 14.5 Å². The Morgan fingerprint density at radius 3 is 2.52 bits per heavy atom. The number of hydrogen-bond acceptors (Lipinski definition) is 4. The molecular formula is C21H24N6O2. The summed E-state index contributed by atoms with van der Waals surface area (Å²) in [5, 5.41) is 12.7. The molecule has 3 rings (SSSR count). The SMILES string of the molecule is Cc1c(C(=O)NCc2ccc(NC(=O)NC(C)C)cc2)cnn1-c1ccccn1. The molecule has 0 aliphatic carbocycles. The molecule has 0 spiro atoms. The minimum absolute atomic E-state index is 0.0648. The maximum atomic E-state index is 12.5. The van der Waals surface area contributed by atoms with Crippen molar-refractivity contribution >= 4 is 17.6 Å². The van der Waals surface area contributed by atoms with Crippen molar-refractivity contribution in [3.05, 3.63) is 71.7 Å². The highest BCUT2D eigenvalue weighted by Gasteiger charge is 2.15. The molecule has 0 bridgehead atoms. The minimum Gasteiger partial charge on any atom is -0.348 e. The fourth-order valence-corrected chi connectivity index (χ4v) is 2.76. The van der Waals surface area contributed by atoms with E-state index >= 15 is 0 Å². The Kier molecular flexibility index (Phi) is 6.23. The molecule has 0 saturated carbocycles. The third-order valence-electron chi connectivity index (χ3n) is 4.21. The Balaban J connectivity index is 1.58. The van der Waals surface area contributed by atoms with E-state index in [4.69, 9.17) is 0 Å². The maximum absolute atomic E-state index is 12.5. The lowest BCUT2D eigenvalue weighted by Gasteiger charge is -2.11. The first-order valence-electron chi connectivity index (χ1n) is 9.34. The second-order valence-corrected chi connectivity index (χ2v) is 6.88. The van der Waals surface area contributed by atoms with E-state index in [2.05, 4.69) is 26.0 Å². The molecule has 3 N–H and O–H groups in total. The number of nitrogens with zero attached hydrogens (tertiary/aromatic N) is 3. The number of carbonyl (C=O) groups is 2. The summed E-state index contributed by atoms with van der Waals surface area (Å²) in [6, 6.07) is 12.7. The van der Waals surface area contributed by atoms with Crippen molar-refractivity contribution in [2.24, 2.45) is 0 Å². The van der Waals surface area contributed by atoms with Crippen molar-refractivity contribution in [1.82, 2.24) is 25.4 Å². The predicted octanol–water partition coefficient (Wildman–Crippen LogP) is 3.04. The van der Waals surface area contributed by atoms with Crippen LogP contribution in [0.25, 0.3) is 5.82 Å². The summed E-state index contributed by atoms with van der Waals surface area (Å²) in [6.07, 6.45) is 3.22. The van der Waals surface area contributed by atoms with Gasteiger partial charge in [-0.2, -0.15) is 5.10 Å². The number of carbonyl (C=O) groups excluding carboxylic acids is 2. The number of anilines is 1. The Morgan fingerprint density at radius 1 is 1.10 bits per heavy atom. The standard InChI is InChI=1S/C21H24N6O2/c1-14(2)25-21(29)26-17-9-7-16(8-10-17)12-23-20(28)18-13-24-27(15(18)3)19-6-4-5-11-22-19/h4-11,13-14H,12H2,1-3H3,(H,23,28)(H2,25,26,29). The van der Waals surface area contributed by atoms with Crippen LogP contribution in [-0.2, 0) is 6.54 Å². The molecule has 0 fully saturated rings. The van der Waals surface area contributed by atoms with Crippen LogP contribution >= 0.6 is 0 Å². The molecular weight excluding hydrogens is 368 g/mol. The zero-order chi connectivity index (χ0) is 20.8. The Bertz CT molecular complexity index is 980. The number of hydrogen-bond donors (Lipinski definition) is 3. The molecule has 0 unspecified atom stereocenters. The van der Waals surface area contributed by atoms with Crippen molar-refractivity contribution < 1.29 is 9.59 Å². The van der Waals surface area contributed by atoms with E-state index in [0.29, 0.717) is 23.6 Å². The van der Waals surface area contributed by atoms with Gasteiger partial charge in [0.15, 0.2) is 5.82 Å². The van der Waals surface area contributed by atoms with Gasteiger partial charge in [-0.3, -0.25) is 4.79 Å². The van der Waals surface area contributed by atoms with E-state index in [-0.39, 0.29) is 18.0 Å². The summed E-state index contributed by atoms with van der Waals surface area (Å²) >= 11 is 0. The van der Waals surface area contributed by atoms with Crippen LogP contribution in [0, 0.1) is 6.92 Å². The number of aromatic nitrogens is 3. The highest BCUT2D eigenvalue weighted by molar-refractivity contribution is 5.95. The normalized spacial score (nSPS) is 10.6. The second-order valence-electron chi connectivity index (χ2n) is 6.88. The topological polar surface area (TPSA) is 101 Å². The van der Waals surface area contributed by atoms with Crippen LogP contribution in [0.1, 0.15) is 35.5 Å². The average Bonchev–Trinajstić information content (AvgIpc) is 3.08. The largest absolute Gasteiger partial charge is 0.348 e. The van der Waals surface area contributed by atoms with E-state index in [9.17, 15) is 9.59 Å². The molecule has 8 heteroatoms. The fraction of sp³-hybridized carbons (Fsp3) is 0.238. The predicted molar refractivity (Wildman–Crippen MR) is 111 cm³/mol. The van der Waals surface area contributed by atoms with Gasteiger partial charge < -0.3 is 16.0 Å². The maximum Gasteiger partial charge on any atom is 0.319 e. The lowest BCUT2D eigenvalue weighted by Crippen LogP contribution is -2.34. The van der Waals surface area contributed by atoms with Crippen molar-refractivity contribution in [2.45, 2.75) is 33.4 Å². The smallest absolute Gasteiger partial charge is 0.319 e.